The Labute approximate surface area is 220 Å². The molecule has 0 unspecified atom stereocenters. The van der Waals surface area contributed by atoms with Crippen LogP contribution in [0.25, 0.3) is 10.8 Å². The monoisotopic (exact) mass is 536 g/mol. The van der Waals surface area contributed by atoms with E-state index in [1.165, 1.54) is 10.4 Å². The lowest BCUT2D eigenvalue weighted by molar-refractivity contribution is -0.127. The fourth-order valence-corrected chi connectivity index (χ4v) is 5.83. The van der Waals surface area contributed by atoms with Crippen molar-refractivity contribution in [1.29, 1.82) is 0 Å². The van der Waals surface area contributed by atoms with Crippen LogP contribution in [0.2, 0.25) is 5.02 Å². The summed E-state index contributed by atoms with van der Waals surface area (Å²) in [5, 5.41) is 5.21. The van der Waals surface area contributed by atoms with E-state index in [0.717, 1.165) is 22.1 Å². The molecule has 0 bridgehead atoms. The van der Waals surface area contributed by atoms with Crippen molar-refractivity contribution < 1.29 is 22.7 Å². The molecule has 0 fully saturated rings. The summed E-state index contributed by atoms with van der Waals surface area (Å²) >= 11 is 6.16. The van der Waals surface area contributed by atoms with Gasteiger partial charge in [0.2, 0.25) is 0 Å². The van der Waals surface area contributed by atoms with Crippen LogP contribution in [0.15, 0.2) is 89.8 Å². The van der Waals surface area contributed by atoms with Gasteiger partial charge in [0.25, 0.3) is 15.9 Å². The van der Waals surface area contributed by atoms with Crippen LogP contribution in [-0.2, 0) is 14.8 Å². The molecule has 1 heterocycles. The molecule has 1 amide bonds. The SMILES string of the molecule is Cc1ccc(S(=O)(=O)N2C[C@@H](C(=O)NCCOc3cccc4ccccc34)Oc3ccc(Cl)cc32)cc1. The minimum atomic E-state index is -3.97. The highest BCUT2D eigenvalue weighted by Gasteiger charge is 2.37. The van der Waals surface area contributed by atoms with E-state index in [1.807, 2.05) is 49.4 Å². The standard InChI is InChI=1S/C28H25ClN2O5S/c1-19-9-12-22(13-10-19)37(33,34)31-18-27(36-26-14-11-21(29)17-24(26)31)28(32)30-15-16-35-25-8-4-6-20-5-2-3-7-23(20)25/h2-14,17,27H,15-16,18H2,1H3,(H,30,32)/t27-/m0/s1. The highest BCUT2D eigenvalue weighted by molar-refractivity contribution is 7.92. The molecule has 4 aromatic carbocycles. The number of carbonyl (C=O) groups is 1. The molecule has 7 nitrogen and oxygen atoms in total. The first kappa shape index (κ1) is 24.9. The van der Waals surface area contributed by atoms with Gasteiger partial charge < -0.3 is 14.8 Å². The number of hydrogen-bond acceptors (Lipinski definition) is 5. The number of amides is 1. The van der Waals surface area contributed by atoms with E-state index in [2.05, 4.69) is 5.32 Å². The molecule has 37 heavy (non-hydrogen) atoms. The first-order chi connectivity index (χ1) is 17.8. The van der Waals surface area contributed by atoms with E-state index in [0.29, 0.717) is 5.02 Å². The normalized spacial score (nSPS) is 15.1. The van der Waals surface area contributed by atoms with E-state index < -0.39 is 22.0 Å². The van der Waals surface area contributed by atoms with Gasteiger partial charge in [-0.25, -0.2) is 8.42 Å². The lowest BCUT2D eigenvalue weighted by Crippen LogP contribution is -2.51. The molecule has 0 aromatic heterocycles. The van der Waals surface area contributed by atoms with Crippen LogP contribution < -0.4 is 19.1 Å². The lowest BCUT2D eigenvalue weighted by Gasteiger charge is -2.34. The van der Waals surface area contributed by atoms with Gasteiger partial charge in [-0.3, -0.25) is 9.10 Å². The van der Waals surface area contributed by atoms with E-state index in [-0.39, 0.29) is 36.0 Å². The molecule has 9 heteroatoms. The molecule has 0 spiro atoms. The van der Waals surface area contributed by atoms with Crippen LogP contribution in [0.4, 0.5) is 5.69 Å². The largest absolute Gasteiger partial charge is 0.491 e. The smallest absolute Gasteiger partial charge is 0.264 e. The molecular weight excluding hydrogens is 512 g/mol. The number of sulfonamides is 1. The van der Waals surface area contributed by atoms with Crippen LogP contribution in [0, 0.1) is 6.92 Å². The number of fused-ring (bicyclic) bond motifs is 2. The van der Waals surface area contributed by atoms with Gasteiger partial charge in [0.05, 0.1) is 23.7 Å². The number of aryl methyl sites for hydroxylation is 1. The third-order valence-electron chi connectivity index (χ3n) is 6.10. The molecule has 0 aliphatic carbocycles. The summed E-state index contributed by atoms with van der Waals surface area (Å²) in [6.45, 7) is 2.15. The first-order valence-corrected chi connectivity index (χ1v) is 13.6. The van der Waals surface area contributed by atoms with Crippen molar-refractivity contribution in [2.24, 2.45) is 0 Å². The first-order valence-electron chi connectivity index (χ1n) is 11.8. The zero-order chi connectivity index (χ0) is 26.0. The number of rotatable bonds is 7. The summed E-state index contributed by atoms with van der Waals surface area (Å²) in [5.41, 5.74) is 1.23. The summed E-state index contributed by atoms with van der Waals surface area (Å²) in [5.74, 6) is 0.548. The zero-order valence-corrected chi connectivity index (χ0v) is 21.6. The molecule has 1 atom stereocenters. The second-order valence-corrected chi connectivity index (χ2v) is 11.0. The Kier molecular flexibility index (Phi) is 6.95. The number of nitrogens with one attached hydrogen (secondary N) is 1. The summed E-state index contributed by atoms with van der Waals surface area (Å²) in [4.78, 5) is 13.1. The number of benzene rings is 4. The minimum absolute atomic E-state index is 0.119. The van der Waals surface area contributed by atoms with Gasteiger partial charge in [0.1, 0.15) is 18.1 Å². The summed E-state index contributed by atoms with van der Waals surface area (Å²) in [7, 11) is -3.97. The van der Waals surface area contributed by atoms with Gasteiger partial charge in [-0.2, -0.15) is 0 Å². The molecule has 1 aliphatic rings. The predicted octanol–water partition coefficient (Wildman–Crippen LogP) is 4.95. The fraction of sp³-hybridized carbons (Fsp3) is 0.179. The average molecular weight is 537 g/mol. The number of carbonyl (C=O) groups excluding carboxylic acids is 1. The summed E-state index contributed by atoms with van der Waals surface area (Å²) in [6, 6.07) is 24.9. The van der Waals surface area contributed by atoms with Crippen molar-refractivity contribution in [2.45, 2.75) is 17.9 Å². The van der Waals surface area contributed by atoms with E-state index >= 15 is 0 Å². The highest BCUT2D eigenvalue weighted by Crippen LogP contribution is 2.39. The van der Waals surface area contributed by atoms with E-state index in [1.54, 1.807) is 36.4 Å². The van der Waals surface area contributed by atoms with Crippen molar-refractivity contribution >= 4 is 44.0 Å². The van der Waals surface area contributed by atoms with Crippen LogP contribution in [-0.4, -0.2) is 40.1 Å². The van der Waals surface area contributed by atoms with Crippen molar-refractivity contribution in [1.82, 2.24) is 5.32 Å². The second kappa shape index (κ2) is 10.3. The Balaban J connectivity index is 1.30. The Morgan fingerprint density at radius 2 is 1.81 bits per heavy atom. The predicted molar refractivity (Wildman–Crippen MR) is 144 cm³/mol. The van der Waals surface area contributed by atoms with Gasteiger partial charge in [0, 0.05) is 10.4 Å². The Bertz CT molecular complexity index is 1550. The summed E-state index contributed by atoms with van der Waals surface area (Å²) < 4.78 is 40.0. The molecule has 5 rings (SSSR count). The second-order valence-electron chi connectivity index (χ2n) is 8.68. The molecule has 0 radical (unpaired) electrons. The van der Waals surface area contributed by atoms with Crippen molar-refractivity contribution in [3.63, 3.8) is 0 Å². The zero-order valence-electron chi connectivity index (χ0n) is 20.1. The van der Waals surface area contributed by atoms with Crippen LogP contribution in [0.5, 0.6) is 11.5 Å². The van der Waals surface area contributed by atoms with Crippen molar-refractivity contribution in [3.05, 3.63) is 95.5 Å². The van der Waals surface area contributed by atoms with Crippen LogP contribution in [0.3, 0.4) is 0 Å². The number of halogens is 1. The molecule has 190 valence electrons. The molecule has 1 aliphatic heterocycles. The summed E-state index contributed by atoms with van der Waals surface area (Å²) in [6.07, 6.45) is -1.05. The van der Waals surface area contributed by atoms with E-state index in [9.17, 15) is 13.2 Å². The van der Waals surface area contributed by atoms with Gasteiger partial charge >= 0.3 is 0 Å². The van der Waals surface area contributed by atoms with Crippen molar-refractivity contribution in [2.75, 3.05) is 24.0 Å². The van der Waals surface area contributed by atoms with Gasteiger partial charge in [0.15, 0.2) is 6.10 Å². The topological polar surface area (TPSA) is 84.9 Å². The third-order valence-corrected chi connectivity index (χ3v) is 8.13. The molecule has 4 aromatic rings. The van der Waals surface area contributed by atoms with Crippen LogP contribution in [0.1, 0.15) is 5.56 Å². The number of ether oxygens (including phenoxy) is 2. The number of hydrogen-bond donors (Lipinski definition) is 1. The molecule has 0 saturated carbocycles. The Hall–Kier alpha value is -3.75. The molecular formula is C28H25ClN2O5S. The maximum absolute atomic E-state index is 13.5. The van der Waals surface area contributed by atoms with Gasteiger partial charge in [-0.1, -0.05) is 65.7 Å². The molecule has 1 N–H and O–H groups in total. The van der Waals surface area contributed by atoms with Crippen LogP contribution >= 0.6 is 11.6 Å². The highest BCUT2D eigenvalue weighted by atomic mass is 35.5. The Morgan fingerprint density at radius 3 is 2.62 bits per heavy atom. The third kappa shape index (κ3) is 5.21. The minimum Gasteiger partial charge on any atom is -0.491 e. The lowest BCUT2D eigenvalue weighted by atomic mass is 10.1. The fourth-order valence-electron chi connectivity index (χ4n) is 4.20. The quantitative estimate of drug-likeness (QED) is 0.338. The van der Waals surface area contributed by atoms with Crippen molar-refractivity contribution in [3.8, 4) is 11.5 Å². The average Bonchev–Trinajstić information content (AvgIpc) is 2.90. The number of nitrogens with zero attached hydrogens (tertiary/aromatic N) is 1. The Morgan fingerprint density at radius 1 is 1.05 bits per heavy atom. The molecule has 0 saturated heterocycles. The van der Waals surface area contributed by atoms with Gasteiger partial charge in [-0.15, -0.1) is 0 Å². The number of anilines is 1. The van der Waals surface area contributed by atoms with E-state index in [4.69, 9.17) is 21.1 Å². The van der Waals surface area contributed by atoms with Gasteiger partial charge in [-0.05, 0) is 48.7 Å². The maximum atomic E-state index is 13.5. The maximum Gasteiger partial charge on any atom is 0.264 e.